The zero-order valence-electron chi connectivity index (χ0n) is 6.78. The number of hydrogen-bond donors (Lipinski definition) is 0. The standard InChI is InChI=1S/C8H10N2.Y/c1-8(2)3-5-10-6-4-9-7-10;/h4-6,8H,1-2H3;/q-2;. The fraction of sp³-hybridized carbons (Fsp3) is 0.375. The number of imidazole rings is 1. The Labute approximate surface area is 92.6 Å². The first-order valence-corrected chi connectivity index (χ1v) is 3.29. The summed E-state index contributed by atoms with van der Waals surface area (Å²) in [6.45, 7) is 4.15. The van der Waals surface area contributed by atoms with Gasteiger partial charge >= 0.3 is 0 Å². The molecule has 1 aromatic rings. The third-order valence-electron chi connectivity index (χ3n) is 1.02. The predicted molar refractivity (Wildman–Crippen MR) is 39.9 cm³/mol. The van der Waals surface area contributed by atoms with Crippen LogP contribution in [0.5, 0.6) is 0 Å². The summed E-state index contributed by atoms with van der Waals surface area (Å²) < 4.78 is 1.75. The van der Waals surface area contributed by atoms with E-state index in [2.05, 4.69) is 31.2 Å². The van der Waals surface area contributed by atoms with Crippen molar-refractivity contribution in [2.24, 2.45) is 5.92 Å². The maximum atomic E-state index is 3.77. The molecule has 0 amide bonds. The van der Waals surface area contributed by atoms with Gasteiger partial charge in [-0.2, -0.15) is 5.92 Å². The molecule has 0 saturated carbocycles. The molecular formula is C8H10N2Y-2. The molecule has 0 bridgehead atoms. The van der Waals surface area contributed by atoms with Crippen LogP contribution in [0.4, 0.5) is 0 Å². The van der Waals surface area contributed by atoms with Crippen LogP contribution in [-0.4, -0.2) is 9.55 Å². The summed E-state index contributed by atoms with van der Waals surface area (Å²) in [4.78, 5) is 3.77. The van der Waals surface area contributed by atoms with Crippen LogP contribution in [0.25, 0.3) is 6.20 Å². The minimum atomic E-state index is 0. The maximum Gasteiger partial charge on any atom is 0.0378 e. The second-order valence-electron chi connectivity index (χ2n) is 2.38. The van der Waals surface area contributed by atoms with Crippen molar-refractivity contribution in [1.82, 2.24) is 9.55 Å². The third-order valence-corrected chi connectivity index (χ3v) is 1.02. The summed E-state index contributed by atoms with van der Waals surface area (Å²) in [6, 6.07) is 0. The minimum Gasteiger partial charge on any atom is -0.531 e. The van der Waals surface area contributed by atoms with Crippen LogP contribution >= 0.6 is 0 Å². The molecule has 0 unspecified atom stereocenters. The van der Waals surface area contributed by atoms with Gasteiger partial charge in [0.25, 0.3) is 0 Å². The van der Waals surface area contributed by atoms with Gasteiger partial charge in [0, 0.05) is 39.0 Å². The van der Waals surface area contributed by atoms with Crippen molar-refractivity contribution >= 4 is 6.20 Å². The van der Waals surface area contributed by atoms with E-state index in [1.165, 1.54) is 0 Å². The van der Waals surface area contributed by atoms with Crippen molar-refractivity contribution in [2.75, 3.05) is 0 Å². The number of hydrogen-bond acceptors (Lipinski definition) is 1. The molecule has 1 aromatic heterocycles. The monoisotopic (exact) mass is 223 g/mol. The average Bonchev–Trinajstić information content (AvgIpc) is 2.34. The first-order chi connectivity index (χ1) is 4.79. The Morgan fingerprint density at radius 2 is 2.36 bits per heavy atom. The largest absolute Gasteiger partial charge is 0.531 e. The van der Waals surface area contributed by atoms with Crippen molar-refractivity contribution in [3.63, 3.8) is 0 Å². The predicted octanol–water partition coefficient (Wildman–Crippen LogP) is 1.61. The molecule has 11 heavy (non-hydrogen) atoms. The zero-order valence-corrected chi connectivity index (χ0v) is 9.62. The first-order valence-electron chi connectivity index (χ1n) is 3.29. The number of aromatic nitrogens is 2. The number of nitrogens with zero attached hydrogens (tertiary/aromatic N) is 2. The Kier molecular flexibility index (Phi) is 5.70. The van der Waals surface area contributed by atoms with Crippen molar-refractivity contribution in [3.8, 4) is 0 Å². The van der Waals surface area contributed by atoms with Gasteiger partial charge in [0.1, 0.15) is 0 Å². The van der Waals surface area contributed by atoms with Crippen molar-refractivity contribution in [1.29, 1.82) is 0 Å². The molecule has 1 radical (unpaired) electrons. The summed E-state index contributed by atoms with van der Waals surface area (Å²) in [5.41, 5.74) is 0. The van der Waals surface area contributed by atoms with Gasteiger partial charge in [0.15, 0.2) is 0 Å². The van der Waals surface area contributed by atoms with E-state index in [0.29, 0.717) is 5.92 Å². The SMILES string of the molecule is CC(C)[C-]=Cn1[c-]ncc1.[Y]. The van der Waals surface area contributed by atoms with Gasteiger partial charge in [-0.3, -0.25) is 6.20 Å². The van der Waals surface area contributed by atoms with Gasteiger partial charge in [0.05, 0.1) is 0 Å². The second kappa shape index (κ2) is 5.67. The smallest absolute Gasteiger partial charge is 0.0378 e. The fourth-order valence-corrected chi connectivity index (χ4v) is 0.540. The Hall–Kier alpha value is 0.0539. The summed E-state index contributed by atoms with van der Waals surface area (Å²) in [6.07, 6.45) is 11.2. The van der Waals surface area contributed by atoms with Crippen LogP contribution < -0.4 is 0 Å². The van der Waals surface area contributed by atoms with Gasteiger partial charge < -0.3 is 15.6 Å². The summed E-state index contributed by atoms with van der Waals surface area (Å²) >= 11 is 0. The Morgan fingerprint density at radius 1 is 1.64 bits per heavy atom. The topological polar surface area (TPSA) is 17.8 Å². The molecule has 1 heterocycles. The molecule has 0 aromatic carbocycles. The van der Waals surface area contributed by atoms with E-state index < -0.39 is 0 Å². The zero-order chi connectivity index (χ0) is 7.40. The van der Waals surface area contributed by atoms with Gasteiger partial charge in [0.2, 0.25) is 0 Å². The first kappa shape index (κ1) is 11.1. The normalized spacial score (nSPS) is 10.5. The Bertz CT molecular complexity index is 202. The van der Waals surface area contributed by atoms with Crippen molar-refractivity contribution in [2.45, 2.75) is 13.8 Å². The number of allylic oxidation sites excluding steroid dienone is 1. The van der Waals surface area contributed by atoms with Gasteiger partial charge in [-0.05, 0) is 0 Å². The van der Waals surface area contributed by atoms with E-state index in [0.717, 1.165) is 0 Å². The molecule has 0 aliphatic heterocycles. The molecule has 2 nitrogen and oxygen atoms in total. The maximum absolute atomic E-state index is 3.77. The molecule has 0 saturated heterocycles. The second-order valence-corrected chi connectivity index (χ2v) is 2.38. The molecule has 1 rings (SSSR count). The van der Waals surface area contributed by atoms with Crippen LogP contribution in [0.3, 0.4) is 0 Å². The van der Waals surface area contributed by atoms with E-state index >= 15 is 0 Å². The van der Waals surface area contributed by atoms with E-state index in [1.807, 2.05) is 12.4 Å². The molecule has 0 atom stereocenters. The minimum absolute atomic E-state index is 0. The van der Waals surface area contributed by atoms with E-state index in [9.17, 15) is 0 Å². The summed E-state index contributed by atoms with van der Waals surface area (Å²) in [7, 11) is 0. The molecule has 0 spiro atoms. The third kappa shape index (κ3) is 4.49. The van der Waals surface area contributed by atoms with Crippen LogP contribution in [0.15, 0.2) is 12.4 Å². The summed E-state index contributed by atoms with van der Waals surface area (Å²) in [5, 5.41) is 0. The van der Waals surface area contributed by atoms with Gasteiger partial charge in [-0.15, -0.1) is 0 Å². The van der Waals surface area contributed by atoms with Crippen LogP contribution in [-0.2, 0) is 32.7 Å². The van der Waals surface area contributed by atoms with E-state index in [4.69, 9.17) is 0 Å². The average molecular weight is 223 g/mol. The van der Waals surface area contributed by atoms with Crippen molar-refractivity contribution in [3.05, 3.63) is 24.8 Å². The molecule has 0 fully saturated rings. The Morgan fingerprint density at radius 3 is 2.82 bits per heavy atom. The summed E-state index contributed by atoms with van der Waals surface area (Å²) in [5.74, 6) is 0.454. The molecule has 0 aliphatic rings. The number of rotatable bonds is 2. The van der Waals surface area contributed by atoms with Crippen molar-refractivity contribution < 1.29 is 32.7 Å². The van der Waals surface area contributed by atoms with Gasteiger partial charge in [-0.1, -0.05) is 26.2 Å². The quantitative estimate of drug-likeness (QED) is 0.696. The van der Waals surface area contributed by atoms with E-state index in [-0.39, 0.29) is 32.7 Å². The molecule has 3 heteroatoms. The van der Waals surface area contributed by atoms with E-state index in [1.54, 1.807) is 10.8 Å². The van der Waals surface area contributed by atoms with Crippen LogP contribution in [0, 0.1) is 18.3 Å². The van der Waals surface area contributed by atoms with Crippen LogP contribution in [0.1, 0.15) is 13.8 Å². The molecule has 0 N–H and O–H groups in total. The van der Waals surface area contributed by atoms with Crippen LogP contribution in [0.2, 0.25) is 0 Å². The Balaban J connectivity index is 0.000001000. The molecular weight excluding hydrogens is 213 g/mol. The molecule has 57 valence electrons. The molecule has 0 aliphatic carbocycles. The van der Waals surface area contributed by atoms with Gasteiger partial charge in [-0.25, -0.2) is 0 Å². The fourth-order valence-electron chi connectivity index (χ4n) is 0.540.